The van der Waals surface area contributed by atoms with E-state index in [1.54, 1.807) is 29.0 Å². The topological polar surface area (TPSA) is 178 Å². The fourth-order valence-electron chi connectivity index (χ4n) is 5.46. The van der Waals surface area contributed by atoms with Gasteiger partial charge in [-0.25, -0.2) is 33.8 Å². The highest BCUT2D eigenvalue weighted by Gasteiger charge is 2.23. The van der Waals surface area contributed by atoms with Gasteiger partial charge in [-0.1, -0.05) is 24.3 Å². The number of imidazole rings is 1. The molecule has 6 aromatic rings. The molecule has 1 aromatic carbocycles. The molecule has 14 nitrogen and oxygen atoms in total. The van der Waals surface area contributed by atoms with E-state index in [-0.39, 0.29) is 17.7 Å². The SMILES string of the molecule is N#Cc1nccc(NC2CCN(Cc3ccc(-c4c(-c5nccnc5N)nc5ccc(-c6cnn(CF)n6)nn45)cc3)CC2)n1. The van der Waals surface area contributed by atoms with Crippen molar-refractivity contribution in [1.29, 1.82) is 5.26 Å². The second kappa shape index (κ2) is 12.0. The lowest BCUT2D eigenvalue weighted by Crippen LogP contribution is -2.38. The highest BCUT2D eigenvalue weighted by molar-refractivity contribution is 5.84. The van der Waals surface area contributed by atoms with Crippen LogP contribution in [0.25, 0.3) is 39.7 Å². The van der Waals surface area contributed by atoms with Gasteiger partial charge in [0.05, 0.1) is 6.20 Å². The number of nitrogens with one attached hydrogen (secondary N) is 1. The van der Waals surface area contributed by atoms with Crippen molar-refractivity contribution >= 4 is 17.3 Å². The summed E-state index contributed by atoms with van der Waals surface area (Å²) in [7, 11) is 0. The van der Waals surface area contributed by atoms with Gasteiger partial charge in [-0.15, -0.1) is 5.10 Å². The maximum Gasteiger partial charge on any atom is 0.234 e. The van der Waals surface area contributed by atoms with Crippen molar-refractivity contribution in [3.05, 3.63) is 78.6 Å². The van der Waals surface area contributed by atoms with Crippen LogP contribution in [-0.2, 0) is 13.3 Å². The van der Waals surface area contributed by atoms with Gasteiger partial charge in [0.15, 0.2) is 11.5 Å². The van der Waals surface area contributed by atoms with Crippen molar-refractivity contribution in [2.45, 2.75) is 32.2 Å². The Labute approximate surface area is 256 Å². The second-order valence-electron chi connectivity index (χ2n) is 10.6. The number of piperidine rings is 1. The van der Waals surface area contributed by atoms with Gasteiger partial charge in [0, 0.05) is 49.8 Å². The molecule has 224 valence electrons. The molecule has 15 heteroatoms. The average molecular weight is 603 g/mol. The molecule has 0 radical (unpaired) electrons. The summed E-state index contributed by atoms with van der Waals surface area (Å²) in [5.41, 5.74) is 11.5. The number of fused-ring (bicyclic) bond motifs is 1. The summed E-state index contributed by atoms with van der Waals surface area (Å²) in [6.07, 6.45) is 8.10. The van der Waals surface area contributed by atoms with Gasteiger partial charge in [-0.3, -0.25) is 4.90 Å². The second-order valence-corrected chi connectivity index (χ2v) is 10.6. The summed E-state index contributed by atoms with van der Waals surface area (Å²) in [4.78, 5) is 25.1. The Morgan fingerprint density at radius 1 is 0.911 bits per heavy atom. The first-order valence-electron chi connectivity index (χ1n) is 14.3. The van der Waals surface area contributed by atoms with Crippen LogP contribution in [0.1, 0.15) is 24.2 Å². The molecule has 0 spiro atoms. The lowest BCUT2D eigenvalue weighted by Gasteiger charge is -2.32. The van der Waals surface area contributed by atoms with Gasteiger partial charge in [0.2, 0.25) is 12.6 Å². The number of benzene rings is 1. The predicted octanol–water partition coefficient (Wildman–Crippen LogP) is 3.36. The van der Waals surface area contributed by atoms with Gasteiger partial charge >= 0.3 is 0 Å². The number of rotatable bonds is 8. The summed E-state index contributed by atoms with van der Waals surface area (Å²) < 4.78 is 14.8. The highest BCUT2D eigenvalue weighted by atomic mass is 19.1. The third-order valence-electron chi connectivity index (χ3n) is 7.66. The number of nitrogen functional groups attached to an aromatic ring is 1. The number of anilines is 2. The zero-order valence-corrected chi connectivity index (χ0v) is 24.0. The minimum absolute atomic E-state index is 0.163. The van der Waals surface area contributed by atoms with Gasteiger partial charge in [0.1, 0.15) is 40.4 Å². The van der Waals surface area contributed by atoms with Crippen LogP contribution < -0.4 is 11.1 Å². The van der Waals surface area contributed by atoms with Crippen molar-refractivity contribution in [3.8, 4) is 40.1 Å². The molecule has 0 aliphatic carbocycles. The van der Waals surface area contributed by atoms with Crippen LogP contribution >= 0.6 is 0 Å². The molecule has 0 saturated carbocycles. The molecule has 0 unspecified atom stereocenters. The first-order chi connectivity index (χ1) is 22.1. The maximum absolute atomic E-state index is 13.1. The minimum Gasteiger partial charge on any atom is -0.382 e. The van der Waals surface area contributed by atoms with E-state index in [9.17, 15) is 4.39 Å². The van der Waals surface area contributed by atoms with Gasteiger partial charge in [-0.2, -0.15) is 20.3 Å². The lowest BCUT2D eigenvalue weighted by molar-refractivity contribution is 0.211. The van der Waals surface area contributed by atoms with Crippen LogP contribution in [0.3, 0.4) is 0 Å². The zero-order valence-electron chi connectivity index (χ0n) is 24.0. The molecule has 45 heavy (non-hydrogen) atoms. The number of hydrogen-bond acceptors (Lipinski definition) is 12. The van der Waals surface area contributed by atoms with Crippen LogP contribution in [0.15, 0.2) is 67.3 Å². The quantitative estimate of drug-likeness (QED) is 0.260. The molecular weight excluding hydrogens is 575 g/mol. The number of alkyl halides is 1. The molecule has 3 N–H and O–H groups in total. The van der Waals surface area contributed by atoms with E-state index in [0.29, 0.717) is 39.9 Å². The Hall–Kier alpha value is -5.88. The number of aromatic nitrogens is 10. The number of nitriles is 1. The van der Waals surface area contributed by atoms with E-state index < -0.39 is 6.80 Å². The summed E-state index contributed by atoms with van der Waals surface area (Å²) in [6.45, 7) is 1.84. The van der Waals surface area contributed by atoms with Crippen LogP contribution in [0.5, 0.6) is 0 Å². The molecule has 1 aliphatic rings. The summed E-state index contributed by atoms with van der Waals surface area (Å²) in [6, 6.07) is 15.9. The normalized spacial score (nSPS) is 14.0. The van der Waals surface area contributed by atoms with E-state index in [0.717, 1.165) is 42.8 Å². The maximum atomic E-state index is 13.1. The molecule has 7 rings (SSSR count). The molecule has 1 saturated heterocycles. The van der Waals surface area contributed by atoms with E-state index in [1.165, 1.54) is 18.0 Å². The van der Waals surface area contributed by atoms with Crippen molar-refractivity contribution in [3.63, 3.8) is 0 Å². The van der Waals surface area contributed by atoms with E-state index in [1.807, 2.05) is 24.3 Å². The molecular formula is C30H27FN14. The number of nitrogens with two attached hydrogens (primary N) is 1. The summed E-state index contributed by atoms with van der Waals surface area (Å²) in [5, 5.41) is 25.4. The molecule has 1 fully saturated rings. The Morgan fingerprint density at radius 2 is 1.73 bits per heavy atom. The Balaban J connectivity index is 1.13. The smallest absolute Gasteiger partial charge is 0.234 e. The first kappa shape index (κ1) is 27.9. The molecule has 0 atom stereocenters. The highest BCUT2D eigenvalue weighted by Crippen LogP contribution is 2.34. The number of likely N-dealkylation sites (tertiary alicyclic amines) is 1. The number of halogens is 1. The molecule has 0 amide bonds. The van der Waals surface area contributed by atoms with Crippen molar-refractivity contribution in [2.24, 2.45) is 0 Å². The predicted molar refractivity (Wildman–Crippen MR) is 163 cm³/mol. The third kappa shape index (κ3) is 5.74. The van der Waals surface area contributed by atoms with Gasteiger partial charge < -0.3 is 11.1 Å². The third-order valence-corrected chi connectivity index (χ3v) is 7.66. The van der Waals surface area contributed by atoms with Crippen LogP contribution in [0, 0.1) is 11.3 Å². The van der Waals surface area contributed by atoms with Crippen molar-refractivity contribution in [2.75, 3.05) is 24.1 Å². The van der Waals surface area contributed by atoms with E-state index >= 15 is 0 Å². The fourth-order valence-corrected chi connectivity index (χ4v) is 5.46. The number of nitrogens with zero attached hydrogens (tertiary/aromatic N) is 12. The number of hydrogen-bond donors (Lipinski definition) is 2. The Kier molecular flexibility index (Phi) is 7.46. The largest absolute Gasteiger partial charge is 0.382 e. The first-order valence-corrected chi connectivity index (χ1v) is 14.3. The van der Waals surface area contributed by atoms with Gasteiger partial charge in [-0.05, 0) is 36.6 Å². The van der Waals surface area contributed by atoms with Crippen molar-refractivity contribution in [1.82, 2.24) is 54.4 Å². The zero-order chi connectivity index (χ0) is 30.8. The van der Waals surface area contributed by atoms with E-state index in [2.05, 4.69) is 52.5 Å². The lowest BCUT2D eigenvalue weighted by atomic mass is 10.0. The summed E-state index contributed by atoms with van der Waals surface area (Å²) in [5.74, 6) is 1.10. The van der Waals surface area contributed by atoms with Crippen molar-refractivity contribution < 1.29 is 4.39 Å². The molecule has 1 aliphatic heterocycles. The standard InChI is InChI=1S/C30H27FN14/c31-18-44-37-16-23(41-44)22-5-6-26-40-27(28-30(33)36-12-11-35-28)29(45(26)42-22)20-3-1-19(2-4-20)17-43-13-8-21(9-14-43)38-24-7-10-34-25(15-32)39-24/h1-7,10-12,16,21H,8-9,13-14,17-18H2,(H2,33,36)(H,34,38,39). The van der Waals surface area contributed by atoms with Crippen LogP contribution in [-0.4, -0.2) is 73.6 Å². The summed E-state index contributed by atoms with van der Waals surface area (Å²) >= 11 is 0. The fraction of sp³-hybridized carbons (Fsp3) is 0.233. The van der Waals surface area contributed by atoms with Crippen LogP contribution in [0.2, 0.25) is 0 Å². The van der Waals surface area contributed by atoms with Crippen LogP contribution in [0.4, 0.5) is 16.0 Å². The minimum atomic E-state index is -0.830. The molecule has 5 aromatic heterocycles. The molecule has 0 bridgehead atoms. The van der Waals surface area contributed by atoms with E-state index in [4.69, 9.17) is 21.1 Å². The Morgan fingerprint density at radius 3 is 2.49 bits per heavy atom. The Bertz CT molecular complexity index is 2000. The average Bonchev–Trinajstić information content (AvgIpc) is 3.71. The van der Waals surface area contributed by atoms with Gasteiger partial charge in [0.25, 0.3) is 0 Å². The monoisotopic (exact) mass is 602 g/mol. The molecule has 6 heterocycles.